The van der Waals surface area contributed by atoms with Gasteiger partial charge >= 0.3 is 0 Å². The van der Waals surface area contributed by atoms with Crippen molar-refractivity contribution in [3.8, 4) is 55.6 Å². The van der Waals surface area contributed by atoms with E-state index in [1.807, 2.05) is 0 Å². The van der Waals surface area contributed by atoms with Crippen molar-refractivity contribution in [2.75, 3.05) is 9.80 Å². The number of rotatable bonds is 11. The number of benzene rings is 10. The zero-order chi connectivity index (χ0) is 44.1. The monoisotopic (exact) mass is 844 g/mol. The van der Waals surface area contributed by atoms with Gasteiger partial charge < -0.3 is 9.80 Å². The van der Waals surface area contributed by atoms with Gasteiger partial charge in [0.05, 0.1) is 0 Å². The summed E-state index contributed by atoms with van der Waals surface area (Å²) < 4.78 is 0. The summed E-state index contributed by atoms with van der Waals surface area (Å²) in [6.45, 7) is 0. The van der Waals surface area contributed by atoms with E-state index < -0.39 is 0 Å². The van der Waals surface area contributed by atoms with Crippen LogP contribution in [0, 0.1) is 0 Å². The SMILES string of the molecule is C1=Cc2c(cccc2-c2ccc(N(c3ccc(-c4ccccc4)cc3)c3ccc(-c4ccc(N(c5ccc(-c6ccccc6)cc5)c5ccc(-c6ccccc6)cc5)cc4)cc3)cc2)CC1. The highest BCUT2D eigenvalue weighted by Crippen LogP contribution is 2.41. The minimum absolute atomic E-state index is 1.09. The molecule has 0 bridgehead atoms. The van der Waals surface area contributed by atoms with Crippen LogP contribution in [0.5, 0.6) is 0 Å². The standard InChI is InChI=1S/C64H48N2/c1-4-13-47(14-5-1)50-23-35-57(36-24-50)65(58-37-25-51(26-38-58)48-15-6-2-7-16-48)60-41-29-53(30-42-60)54-31-43-61(44-32-54)66(59-39-27-52(28-40-59)49-17-8-3-9-18-49)62-45-33-56(34-46-62)64-22-12-20-55-19-10-11-21-63(55)64/h1-9,11-18,20-46H,10,19H2. The summed E-state index contributed by atoms with van der Waals surface area (Å²) in [6, 6.07) is 92.1. The van der Waals surface area contributed by atoms with E-state index in [1.165, 1.54) is 55.6 Å². The van der Waals surface area contributed by atoms with Gasteiger partial charge in [-0.2, -0.15) is 0 Å². The largest absolute Gasteiger partial charge is 0.311 e. The van der Waals surface area contributed by atoms with Crippen molar-refractivity contribution in [3.63, 3.8) is 0 Å². The Morgan fingerprint density at radius 2 is 0.530 bits per heavy atom. The van der Waals surface area contributed by atoms with E-state index in [4.69, 9.17) is 0 Å². The minimum Gasteiger partial charge on any atom is -0.311 e. The van der Waals surface area contributed by atoms with Crippen LogP contribution < -0.4 is 9.80 Å². The van der Waals surface area contributed by atoms with Gasteiger partial charge in [-0.1, -0.05) is 194 Å². The summed E-state index contributed by atoms with van der Waals surface area (Å²) in [5.74, 6) is 0. The Hall–Kier alpha value is -8.46. The Balaban J connectivity index is 0.908. The molecule has 0 heterocycles. The number of hydrogen-bond acceptors (Lipinski definition) is 2. The van der Waals surface area contributed by atoms with Gasteiger partial charge in [-0.15, -0.1) is 0 Å². The molecule has 0 atom stereocenters. The lowest BCUT2D eigenvalue weighted by Gasteiger charge is -2.27. The lowest BCUT2D eigenvalue weighted by Crippen LogP contribution is -2.10. The highest BCUT2D eigenvalue weighted by molar-refractivity contribution is 5.85. The van der Waals surface area contributed by atoms with Crippen molar-refractivity contribution in [2.24, 2.45) is 0 Å². The highest BCUT2D eigenvalue weighted by atomic mass is 15.1. The third-order valence-corrected chi connectivity index (χ3v) is 12.8. The van der Waals surface area contributed by atoms with Gasteiger partial charge in [0.2, 0.25) is 0 Å². The molecule has 0 fully saturated rings. The number of hydrogen-bond donors (Lipinski definition) is 0. The summed E-state index contributed by atoms with van der Waals surface area (Å²) in [7, 11) is 0. The molecule has 1 aliphatic rings. The van der Waals surface area contributed by atoms with Crippen molar-refractivity contribution >= 4 is 40.2 Å². The second kappa shape index (κ2) is 18.3. The zero-order valence-corrected chi connectivity index (χ0v) is 36.7. The molecule has 0 aromatic heterocycles. The van der Waals surface area contributed by atoms with Gasteiger partial charge in [0.15, 0.2) is 0 Å². The number of anilines is 6. The fraction of sp³-hybridized carbons (Fsp3) is 0.0312. The fourth-order valence-electron chi connectivity index (χ4n) is 9.31. The van der Waals surface area contributed by atoms with E-state index in [0.29, 0.717) is 0 Å². The van der Waals surface area contributed by atoms with E-state index in [0.717, 1.165) is 58.1 Å². The molecule has 0 amide bonds. The van der Waals surface area contributed by atoms with Crippen molar-refractivity contribution in [3.05, 3.63) is 272 Å². The molecule has 0 spiro atoms. The van der Waals surface area contributed by atoms with E-state index in [2.05, 4.69) is 277 Å². The number of nitrogens with zero attached hydrogens (tertiary/aromatic N) is 2. The Morgan fingerprint density at radius 1 is 0.242 bits per heavy atom. The van der Waals surface area contributed by atoms with Gasteiger partial charge in [0, 0.05) is 34.1 Å². The van der Waals surface area contributed by atoms with E-state index in [1.54, 1.807) is 0 Å². The summed E-state index contributed by atoms with van der Waals surface area (Å²) >= 11 is 0. The maximum absolute atomic E-state index is 2.36. The lowest BCUT2D eigenvalue weighted by atomic mass is 9.90. The number of allylic oxidation sites excluding steroid dienone is 1. The second-order valence-corrected chi connectivity index (χ2v) is 16.9. The molecule has 0 unspecified atom stereocenters. The third kappa shape index (κ3) is 8.36. The predicted octanol–water partition coefficient (Wildman–Crippen LogP) is 17.9. The molecule has 0 saturated heterocycles. The van der Waals surface area contributed by atoms with Gasteiger partial charge in [0.25, 0.3) is 0 Å². The van der Waals surface area contributed by atoms with E-state index in [9.17, 15) is 0 Å². The summed E-state index contributed by atoms with van der Waals surface area (Å²) in [4.78, 5) is 4.70. The topological polar surface area (TPSA) is 6.48 Å². The fourth-order valence-corrected chi connectivity index (χ4v) is 9.31. The molecule has 314 valence electrons. The van der Waals surface area contributed by atoms with Crippen LogP contribution in [0.2, 0.25) is 0 Å². The molecule has 0 N–H and O–H groups in total. The summed E-state index contributed by atoms with van der Waals surface area (Å²) in [5, 5.41) is 0. The first-order valence-electron chi connectivity index (χ1n) is 22.9. The van der Waals surface area contributed by atoms with Gasteiger partial charge in [-0.25, -0.2) is 0 Å². The van der Waals surface area contributed by atoms with Crippen LogP contribution in [0.25, 0.3) is 61.7 Å². The van der Waals surface area contributed by atoms with Crippen molar-refractivity contribution in [1.29, 1.82) is 0 Å². The molecule has 2 heteroatoms. The minimum atomic E-state index is 1.09. The van der Waals surface area contributed by atoms with E-state index in [-0.39, 0.29) is 0 Å². The first kappa shape index (κ1) is 40.3. The van der Waals surface area contributed by atoms with Gasteiger partial charge in [-0.05, 0) is 152 Å². The molecule has 0 aliphatic heterocycles. The molecule has 11 rings (SSSR count). The quantitative estimate of drug-likeness (QED) is 0.128. The molecule has 2 nitrogen and oxygen atoms in total. The van der Waals surface area contributed by atoms with Crippen LogP contribution >= 0.6 is 0 Å². The maximum atomic E-state index is 2.36. The summed E-state index contributed by atoms with van der Waals surface area (Å²) in [5.41, 5.74) is 21.4. The average molecular weight is 845 g/mol. The molecule has 10 aromatic rings. The first-order valence-corrected chi connectivity index (χ1v) is 22.9. The van der Waals surface area contributed by atoms with Crippen LogP contribution in [0.3, 0.4) is 0 Å². The average Bonchev–Trinajstić information content (AvgIpc) is 3.41. The molecular weight excluding hydrogens is 797 g/mol. The molecule has 1 aliphatic carbocycles. The normalized spacial score (nSPS) is 11.8. The zero-order valence-electron chi connectivity index (χ0n) is 36.7. The van der Waals surface area contributed by atoms with Gasteiger partial charge in [-0.3, -0.25) is 0 Å². The Bertz CT molecular complexity index is 3130. The van der Waals surface area contributed by atoms with Crippen LogP contribution in [0.4, 0.5) is 34.1 Å². The second-order valence-electron chi connectivity index (χ2n) is 16.9. The smallest absolute Gasteiger partial charge is 0.0462 e. The molecule has 66 heavy (non-hydrogen) atoms. The van der Waals surface area contributed by atoms with Crippen LogP contribution in [0.1, 0.15) is 17.5 Å². The molecule has 0 radical (unpaired) electrons. The molecule has 10 aromatic carbocycles. The Kier molecular flexibility index (Phi) is 11.2. The van der Waals surface area contributed by atoms with Crippen molar-refractivity contribution < 1.29 is 0 Å². The predicted molar refractivity (Wildman–Crippen MR) is 280 cm³/mol. The number of aryl methyl sites for hydroxylation is 1. The van der Waals surface area contributed by atoms with Gasteiger partial charge in [0.1, 0.15) is 0 Å². The third-order valence-electron chi connectivity index (χ3n) is 12.8. The Labute approximate surface area is 388 Å². The lowest BCUT2D eigenvalue weighted by molar-refractivity contribution is 0.986. The van der Waals surface area contributed by atoms with Crippen LogP contribution in [0.15, 0.2) is 261 Å². The van der Waals surface area contributed by atoms with E-state index >= 15 is 0 Å². The molecular formula is C64H48N2. The summed E-state index contributed by atoms with van der Waals surface area (Å²) in [6.07, 6.45) is 6.79. The Morgan fingerprint density at radius 3 is 0.848 bits per heavy atom. The van der Waals surface area contributed by atoms with Crippen LogP contribution in [-0.2, 0) is 6.42 Å². The number of fused-ring (bicyclic) bond motifs is 1. The van der Waals surface area contributed by atoms with Crippen molar-refractivity contribution in [1.82, 2.24) is 0 Å². The first-order chi connectivity index (χ1) is 32.7. The van der Waals surface area contributed by atoms with Crippen LogP contribution in [-0.4, -0.2) is 0 Å². The molecule has 0 saturated carbocycles. The highest BCUT2D eigenvalue weighted by Gasteiger charge is 2.17. The van der Waals surface area contributed by atoms with Crippen molar-refractivity contribution in [2.45, 2.75) is 12.8 Å². The maximum Gasteiger partial charge on any atom is 0.0462 e.